The minimum Gasteiger partial charge on any atom is -0.355 e. The molecule has 0 radical (unpaired) electrons. The van der Waals surface area contributed by atoms with E-state index < -0.39 is 10.0 Å². The molecular formula is C18H20N4O2S. The lowest BCUT2D eigenvalue weighted by Gasteiger charge is -2.24. The topological polar surface area (TPSA) is 77.3 Å². The van der Waals surface area contributed by atoms with E-state index in [1.54, 1.807) is 25.4 Å². The average molecular weight is 356 g/mol. The zero-order valence-electron chi connectivity index (χ0n) is 14.0. The van der Waals surface area contributed by atoms with Crippen molar-refractivity contribution < 1.29 is 8.42 Å². The standard InChI is InChI=1S/C18H20N4O2S/c1-21(25(23,24)14-15-5-3-2-4-6-15)17-9-10-22(13-17)18-8-7-16(11-19)12-20-18/h2-8,12,17H,9-10,13-14H2,1H3. The highest BCUT2D eigenvalue weighted by Gasteiger charge is 2.32. The van der Waals surface area contributed by atoms with Gasteiger partial charge in [-0.1, -0.05) is 30.3 Å². The quantitative estimate of drug-likeness (QED) is 0.819. The van der Waals surface area contributed by atoms with Crippen LogP contribution in [0.25, 0.3) is 0 Å². The van der Waals surface area contributed by atoms with Gasteiger partial charge in [0.25, 0.3) is 0 Å². The molecule has 1 aliphatic heterocycles. The van der Waals surface area contributed by atoms with Gasteiger partial charge in [-0.25, -0.2) is 13.4 Å². The maximum Gasteiger partial charge on any atom is 0.218 e. The normalized spacial score (nSPS) is 17.6. The van der Waals surface area contributed by atoms with Crippen molar-refractivity contribution in [1.82, 2.24) is 9.29 Å². The summed E-state index contributed by atoms with van der Waals surface area (Å²) < 4.78 is 26.8. The maximum atomic E-state index is 12.7. The van der Waals surface area contributed by atoms with Crippen molar-refractivity contribution in [3.05, 3.63) is 59.8 Å². The third kappa shape index (κ3) is 3.98. The lowest BCUT2D eigenvalue weighted by molar-refractivity contribution is 0.389. The van der Waals surface area contributed by atoms with Crippen LogP contribution in [0.5, 0.6) is 0 Å². The molecule has 1 aliphatic rings. The minimum atomic E-state index is -3.37. The summed E-state index contributed by atoms with van der Waals surface area (Å²) in [6.45, 7) is 1.35. The van der Waals surface area contributed by atoms with Gasteiger partial charge in [0, 0.05) is 32.4 Å². The molecule has 1 unspecified atom stereocenters. The lowest BCUT2D eigenvalue weighted by atomic mass is 10.2. The Kier molecular flexibility index (Phi) is 5.02. The molecule has 25 heavy (non-hydrogen) atoms. The fourth-order valence-electron chi connectivity index (χ4n) is 3.00. The molecular weight excluding hydrogens is 336 g/mol. The molecule has 0 N–H and O–H groups in total. The van der Waals surface area contributed by atoms with E-state index in [4.69, 9.17) is 5.26 Å². The molecule has 1 fully saturated rings. The molecule has 1 atom stereocenters. The van der Waals surface area contributed by atoms with Gasteiger partial charge in [0.05, 0.1) is 11.3 Å². The molecule has 2 aromatic rings. The summed E-state index contributed by atoms with van der Waals surface area (Å²) >= 11 is 0. The van der Waals surface area contributed by atoms with Gasteiger partial charge >= 0.3 is 0 Å². The monoisotopic (exact) mass is 356 g/mol. The first kappa shape index (κ1) is 17.4. The van der Waals surface area contributed by atoms with E-state index in [-0.39, 0.29) is 11.8 Å². The first-order valence-corrected chi connectivity index (χ1v) is 9.71. The van der Waals surface area contributed by atoms with Crippen molar-refractivity contribution in [1.29, 1.82) is 5.26 Å². The Morgan fingerprint density at radius 2 is 2.04 bits per heavy atom. The molecule has 1 saturated heterocycles. The van der Waals surface area contributed by atoms with Gasteiger partial charge in [-0.3, -0.25) is 0 Å². The Hall–Kier alpha value is -2.43. The molecule has 7 heteroatoms. The summed E-state index contributed by atoms with van der Waals surface area (Å²) in [6, 6.07) is 14.7. The van der Waals surface area contributed by atoms with Crippen LogP contribution < -0.4 is 4.90 Å². The molecule has 3 rings (SSSR count). The van der Waals surface area contributed by atoms with Gasteiger partial charge in [-0.2, -0.15) is 9.57 Å². The van der Waals surface area contributed by atoms with Gasteiger partial charge in [0.1, 0.15) is 11.9 Å². The number of rotatable bonds is 5. The smallest absolute Gasteiger partial charge is 0.218 e. The van der Waals surface area contributed by atoms with Crippen molar-refractivity contribution in [2.75, 3.05) is 25.0 Å². The summed E-state index contributed by atoms with van der Waals surface area (Å²) in [5.41, 5.74) is 1.31. The molecule has 2 heterocycles. The number of aromatic nitrogens is 1. The number of hydrogen-bond acceptors (Lipinski definition) is 5. The summed E-state index contributed by atoms with van der Waals surface area (Å²) in [5, 5.41) is 8.84. The highest BCUT2D eigenvalue weighted by molar-refractivity contribution is 7.88. The van der Waals surface area contributed by atoms with Gasteiger partial charge in [0.2, 0.25) is 10.0 Å². The van der Waals surface area contributed by atoms with Gasteiger partial charge in [-0.05, 0) is 24.1 Å². The first-order valence-electron chi connectivity index (χ1n) is 8.10. The second kappa shape index (κ2) is 7.21. The Labute approximate surface area is 148 Å². The van der Waals surface area contributed by atoms with Crippen LogP contribution in [0.2, 0.25) is 0 Å². The molecule has 1 aromatic carbocycles. The maximum absolute atomic E-state index is 12.7. The van der Waals surface area contributed by atoms with E-state index in [0.29, 0.717) is 12.1 Å². The van der Waals surface area contributed by atoms with Crippen molar-refractivity contribution in [3.8, 4) is 6.07 Å². The third-order valence-electron chi connectivity index (χ3n) is 4.51. The van der Waals surface area contributed by atoms with Crippen LogP contribution in [-0.2, 0) is 15.8 Å². The van der Waals surface area contributed by atoms with Crippen LogP contribution in [0.4, 0.5) is 5.82 Å². The predicted octanol–water partition coefficient (Wildman–Crippen LogP) is 1.99. The molecule has 0 bridgehead atoms. The van der Waals surface area contributed by atoms with Crippen LogP contribution in [0.15, 0.2) is 48.7 Å². The summed E-state index contributed by atoms with van der Waals surface area (Å²) in [7, 11) is -1.72. The van der Waals surface area contributed by atoms with Gasteiger partial charge < -0.3 is 4.90 Å². The fourth-order valence-corrected chi connectivity index (χ4v) is 4.44. The zero-order chi connectivity index (χ0) is 17.9. The second-order valence-electron chi connectivity index (χ2n) is 6.16. The Bertz CT molecular complexity index is 860. The number of anilines is 1. The summed E-state index contributed by atoms with van der Waals surface area (Å²) in [5.74, 6) is 0.783. The van der Waals surface area contributed by atoms with Crippen LogP contribution >= 0.6 is 0 Å². The van der Waals surface area contributed by atoms with E-state index in [1.807, 2.05) is 36.4 Å². The first-order chi connectivity index (χ1) is 12.0. The van der Waals surface area contributed by atoms with Crippen LogP contribution in [0, 0.1) is 11.3 Å². The average Bonchev–Trinajstić information content (AvgIpc) is 3.11. The molecule has 1 aromatic heterocycles. The van der Waals surface area contributed by atoms with Crippen molar-refractivity contribution in [2.24, 2.45) is 0 Å². The number of nitriles is 1. The van der Waals surface area contributed by atoms with E-state index in [9.17, 15) is 8.42 Å². The molecule has 0 amide bonds. The SMILES string of the molecule is CN(C1CCN(c2ccc(C#N)cn2)C1)S(=O)(=O)Cc1ccccc1. The zero-order valence-corrected chi connectivity index (χ0v) is 14.9. The van der Waals surface area contributed by atoms with Crippen molar-refractivity contribution >= 4 is 15.8 Å². The van der Waals surface area contributed by atoms with E-state index >= 15 is 0 Å². The Morgan fingerprint density at radius 3 is 2.68 bits per heavy atom. The van der Waals surface area contributed by atoms with Crippen LogP contribution in [-0.4, -0.2) is 43.9 Å². The van der Waals surface area contributed by atoms with E-state index in [2.05, 4.69) is 9.88 Å². The number of benzene rings is 1. The number of hydrogen-bond donors (Lipinski definition) is 0. The molecule has 0 aliphatic carbocycles. The third-order valence-corrected chi connectivity index (χ3v) is 6.38. The molecule has 0 saturated carbocycles. The molecule has 0 spiro atoms. The number of nitrogens with zero attached hydrogens (tertiary/aromatic N) is 4. The summed E-state index contributed by atoms with van der Waals surface area (Å²) in [6.07, 6.45) is 2.30. The Morgan fingerprint density at radius 1 is 1.28 bits per heavy atom. The fraction of sp³-hybridized carbons (Fsp3) is 0.333. The number of sulfonamides is 1. The summed E-state index contributed by atoms with van der Waals surface area (Å²) in [4.78, 5) is 6.35. The number of likely N-dealkylation sites (N-methyl/N-ethyl adjacent to an activating group) is 1. The largest absolute Gasteiger partial charge is 0.355 e. The highest BCUT2D eigenvalue weighted by Crippen LogP contribution is 2.23. The number of pyridine rings is 1. The minimum absolute atomic E-state index is 0.00988. The van der Waals surface area contributed by atoms with Gasteiger partial charge in [-0.15, -0.1) is 0 Å². The lowest BCUT2D eigenvalue weighted by Crippen LogP contribution is -2.39. The van der Waals surface area contributed by atoms with Crippen LogP contribution in [0.3, 0.4) is 0 Å². The van der Waals surface area contributed by atoms with Crippen molar-refractivity contribution in [2.45, 2.75) is 18.2 Å². The molecule has 130 valence electrons. The molecule has 6 nitrogen and oxygen atoms in total. The highest BCUT2D eigenvalue weighted by atomic mass is 32.2. The van der Waals surface area contributed by atoms with Crippen LogP contribution in [0.1, 0.15) is 17.5 Å². The van der Waals surface area contributed by atoms with E-state index in [1.165, 1.54) is 4.31 Å². The Balaban J connectivity index is 1.67. The second-order valence-corrected chi connectivity index (χ2v) is 8.19. The van der Waals surface area contributed by atoms with E-state index in [0.717, 1.165) is 24.3 Å². The van der Waals surface area contributed by atoms with Crippen molar-refractivity contribution in [3.63, 3.8) is 0 Å². The predicted molar refractivity (Wildman–Crippen MR) is 96.4 cm³/mol. The van der Waals surface area contributed by atoms with Gasteiger partial charge in [0.15, 0.2) is 0 Å².